The van der Waals surface area contributed by atoms with Gasteiger partial charge < -0.3 is 23.7 Å². The summed E-state index contributed by atoms with van der Waals surface area (Å²) in [5.74, 6) is -5.26. The van der Waals surface area contributed by atoms with Gasteiger partial charge in [0, 0.05) is 0 Å². The first kappa shape index (κ1) is 19.4. The number of esters is 3. The molecule has 1 fully saturated rings. The minimum absolute atomic E-state index is 0.0121. The van der Waals surface area contributed by atoms with E-state index in [2.05, 4.69) is 0 Å². The third kappa shape index (κ3) is 4.42. The van der Waals surface area contributed by atoms with Crippen LogP contribution in [0.2, 0.25) is 0 Å². The second-order valence-electron chi connectivity index (χ2n) is 5.95. The molecule has 2 atom stereocenters. The molecule has 1 aliphatic heterocycles. The van der Waals surface area contributed by atoms with Gasteiger partial charge in [0.05, 0.1) is 19.3 Å². The molecule has 23 heavy (non-hydrogen) atoms. The molecule has 8 heteroatoms. The monoisotopic (exact) mass is 332 g/mol. The van der Waals surface area contributed by atoms with Gasteiger partial charge in [-0.15, -0.1) is 0 Å². The van der Waals surface area contributed by atoms with E-state index < -0.39 is 41.5 Å². The van der Waals surface area contributed by atoms with Crippen LogP contribution in [0.5, 0.6) is 0 Å². The van der Waals surface area contributed by atoms with E-state index in [4.69, 9.17) is 23.7 Å². The van der Waals surface area contributed by atoms with Crippen LogP contribution in [0.1, 0.15) is 41.5 Å². The molecule has 1 rings (SSSR count). The standard InChI is InChI=1S/C15H24O8/c1-7-19-12(17)15(13(18)20-8-2)21-9(3)10(22-15)11(16)23-14(4,5)6/h9-10H,7-8H2,1-6H3/t9-,10+/m0/s1. The van der Waals surface area contributed by atoms with Crippen LogP contribution in [0.25, 0.3) is 0 Å². The largest absolute Gasteiger partial charge is 0.462 e. The summed E-state index contributed by atoms with van der Waals surface area (Å²) in [7, 11) is 0. The lowest BCUT2D eigenvalue weighted by atomic mass is 10.2. The van der Waals surface area contributed by atoms with Gasteiger partial charge in [0.25, 0.3) is 0 Å². The van der Waals surface area contributed by atoms with Crippen molar-refractivity contribution < 1.29 is 38.1 Å². The normalized spacial score (nSPS) is 23.2. The molecule has 1 heterocycles. The summed E-state index contributed by atoms with van der Waals surface area (Å²) in [6.07, 6.45) is -2.14. The molecule has 0 aromatic rings. The Morgan fingerprint density at radius 2 is 1.48 bits per heavy atom. The van der Waals surface area contributed by atoms with Gasteiger partial charge in [0.1, 0.15) is 5.60 Å². The number of carbonyl (C=O) groups is 3. The van der Waals surface area contributed by atoms with Crippen LogP contribution >= 0.6 is 0 Å². The summed E-state index contributed by atoms with van der Waals surface area (Å²) >= 11 is 0. The van der Waals surface area contributed by atoms with E-state index in [-0.39, 0.29) is 13.2 Å². The van der Waals surface area contributed by atoms with Crippen molar-refractivity contribution in [1.82, 2.24) is 0 Å². The number of hydrogen-bond donors (Lipinski definition) is 0. The first-order chi connectivity index (χ1) is 10.6. The van der Waals surface area contributed by atoms with E-state index in [9.17, 15) is 14.4 Å². The van der Waals surface area contributed by atoms with Crippen LogP contribution in [-0.4, -0.2) is 54.7 Å². The quantitative estimate of drug-likeness (QED) is 0.417. The van der Waals surface area contributed by atoms with Crippen molar-refractivity contribution in [3.05, 3.63) is 0 Å². The maximum atomic E-state index is 12.2. The average molecular weight is 332 g/mol. The highest BCUT2D eigenvalue weighted by Crippen LogP contribution is 2.33. The molecule has 132 valence electrons. The Labute approximate surface area is 135 Å². The Morgan fingerprint density at radius 3 is 1.87 bits per heavy atom. The summed E-state index contributed by atoms with van der Waals surface area (Å²) in [6, 6.07) is 0. The van der Waals surface area contributed by atoms with Gasteiger partial charge in [-0.25, -0.2) is 14.4 Å². The third-order valence-corrected chi connectivity index (χ3v) is 2.80. The maximum absolute atomic E-state index is 12.2. The average Bonchev–Trinajstić information content (AvgIpc) is 2.76. The highest BCUT2D eigenvalue weighted by atomic mass is 16.8. The van der Waals surface area contributed by atoms with Gasteiger partial charge in [-0.1, -0.05) is 0 Å². The lowest BCUT2D eigenvalue weighted by Gasteiger charge is -2.24. The molecular formula is C15H24O8. The number of hydrogen-bond acceptors (Lipinski definition) is 8. The minimum Gasteiger partial charge on any atom is -0.462 e. The second-order valence-corrected chi connectivity index (χ2v) is 5.95. The molecule has 0 N–H and O–H groups in total. The molecule has 1 aliphatic rings. The molecule has 0 bridgehead atoms. The van der Waals surface area contributed by atoms with Crippen molar-refractivity contribution in [1.29, 1.82) is 0 Å². The van der Waals surface area contributed by atoms with Crippen LogP contribution in [0.15, 0.2) is 0 Å². The van der Waals surface area contributed by atoms with E-state index in [1.807, 2.05) is 0 Å². The van der Waals surface area contributed by atoms with Crippen LogP contribution in [-0.2, 0) is 38.1 Å². The smallest absolute Gasteiger partial charge is 0.379 e. The number of ether oxygens (including phenoxy) is 5. The molecule has 0 amide bonds. The molecule has 1 saturated heterocycles. The van der Waals surface area contributed by atoms with Crippen LogP contribution < -0.4 is 0 Å². The molecule has 0 aromatic heterocycles. The van der Waals surface area contributed by atoms with Crippen LogP contribution in [0.4, 0.5) is 0 Å². The SMILES string of the molecule is CCOC(=O)C1(C(=O)OCC)O[C@@H](C)[C@H](C(=O)OC(C)(C)C)O1. The number of rotatable bonds is 5. The summed E-state index contributed by atoms with van der Waals surface area (Å²) in [4.78, 5) is 36.5. The van der Waals surface area contributed by atoms with Crippen molar-refractivity contribution in [2.45, 2.75) is 65.1 Å². The molecule has 0 unspecified atom stereocenters. The Bertz CT molecular complexity index is 447. The van der Waals surface area contributed by atoms with Crippen molar-refractivity contribution in [3.8, 4) is 0 Å². The van der Waals surface area contributed by atoms with Crippen molar-refractivity contribution in [3.63, 3.8) is 0 Å². The first-order valence-electron chi connectivity index (χ1n) is 7.50. The molecule has 0 aromatic carbocycles. The zero-order chi connectivity index (χ0) is 17.8. The van der Waals surface area contributed by atoms with Gasteiger partial charge in [-0.05, 0) is 41.5 Å². The fraction of sp³-hybridized carbons (Fsp3) is 0.800. The van der Waals surface area contributed by atoms with Crippen LogP contribution in [0.3, 0.4) is 0 Å². The van der Waals surface area contributed by atoms with Gasteiger partial charge in [-0.2, -0.15) is 0 Å². The third-order valence-electron chi connectivity index (χ3n) is 2.80. The van der Waals surface area contributed by atoms with Gasteiger partial charge >= 0.3 is 23.7 Å². The molecular weight excluding hydrogens is 308 g/mol. The van der Waals surface area contributed by atoms with E-state index in [0.717, 1.165) is 0 Å². The zero-order valence-corrected chi connectivity index (χ0v) is 14.3. The summed E-state index contributed by atoms with van der Waals surface area (Å²) in [5, 5.41) is 0. The molecule has 0 saturated carbocycles. The Hall–Kier alpha value is -1.67. The second kappa shape index (κ2) is 7.27. The summed E-state index contributed by atoms with van der Waals surface area (Å²) < 4.78 is 25.6. The van der Waals surface area contributed by atoms with E-state index in [0.29, 0.717) is 0 Å². The Balaban J connectivity index is 3.04. The fourth-order valence-corrected chi connectivity index (χ4v) is 1.95. The molecule has 0 spiro atoms. The minimum atomic E-state index is -2.41. The van der Waals surface area contributed by atoms with Gasteiger partial charge in [0.15, 0.2) is 6.10 Å². The predicted octanol–water partition coefficient (Wildman–Crippen LogP) is 0.954. The Kier molecular flexibility index (Phi) is 6.12. The van der Waals surface area contributed by atoms with Gasteiger partial charge in [0.2, 0.25) is 0 Å². The topological polar surface area (TPSA) is 97.4 Å². The maximum Gasteiger partial charge on any atom is 0.379 e. The van der Waals surface area contributed by atoms with Crippen molar-refractivity contribution >= 4 is 17.9 Å². The first-order valence-corrected chi connectivity index (χ1v) is 7.50. The molecule has 0 radical (unpaired) electrons. The highest BCUT2D eigenvalue weighted by molar-refractivity contribution is 6.02. The lowest BCUT2D eigenvalue weighted by Crippen LogP contribution is -2.51. The Morgan fingerprint density at radius 1 is 1.00 bits per heavy atom. The van der Waals surface area contributed by atoms with Crippen LogP contribution in [0, 0.1) is 0 Å². The predicted molar refractivity (Wildman–Crippen MR) is 77.3 cm³/mol. The zero-order valence-electron chi connectivity index (χ0n) is 14.3. The number of carbonyl (C=O) groups excluding carboxylic acids is 3. The van der Waals surface area contributed by atoms with Crippen molar-refractivity contribution in [2.24, 2.45) is 0 Å². The van der Waals surface area contributed by atoms with Crippen molar-refractivity contribution in [2.75, 3.05) is 13.2 Å². The molecule has 0 aliphatic carbocycles. The summed E-state index contributed by atoms with van der Waals surface area (Å²) in [6.45, 7) is 9.73. The van der Waals surface area contributed by atoms with Gasteiger partial charge in [-0.3, -0.25) is 0 Å². The fourth-order valence-electron chi connectivity index (χ4n) is 1.95. The van der Waals surface area contributed by atoms with E-state index in [1.54, 1.807) is 34.6 Å². The van der Waals surface area contributed by atoms with E-state index in [1.165, 1.54) is 6.92 Å². The summed E-state index contributed by atoms with van der Waals surface area (Å²) in [5.41, 5.74) is -0.751. The van der Waals surface area contributed by atoms with E-state index >= 15 is 0 Å². The highest BCUT2D eigenvalue weighted by Gasteiger charge is 2.62. The molecule has 8 nitrogen and oxygen atoms in total. The lowest BCUT2D eigenvalue weighted by molar-refractivity contribution is -0.228.